The van der Waals surface area contributed by atoms with Gasteiger partial charge < -0.3 is 15.8 Å². The number of nitrogens with two attached hydrogens (primary N) is 1. The van der Waals surface area contributed by atoms with Crippen LogP contribution in [0.15, 0.2) is 24.3 Å². The summed E-state index contributed by atoms with van der Waals surface area (Å²) in [6.07, 6.45) is 0. The van der Waals surface area contributed by atoms with Gasteiger partial charge in [-0.15, -0.1) is 0 Å². The highest BCUT2D eigenvalue weighted by Crippen LogP contribution is 2.16. The van der Waals surface area contributed by atoms with E-state index in [1.165, 1.54) is 0 Å². The first-order valence-corrected chi connectivity index (χ1v) is 5.97. The Bertz CT molecular complexity index is 409. The molecule has 0 atom stereocenters. The number of methoxy groups -OCH3 is 1. The third-order valence-electron chi connectivity index (χ3n) is 2.03. The third kappa shape index (κ3) is 4.78. The smallest absolute Gasteiger partial charge is 0.230 e. The van der Waals surface area contributed by atoms with Crippen LogP contribution >= 0.6 is 11.8 Å². The number of carbonyl (C=O) groups is 1. The van der Waals surface area contributed by atoms with E-state index >= 15 is 0 Å². The van der Waals surface area contributed by atoms with Crippen LogP contribution in [0.2, 0.25) is 0 Å². The molecule has 0 bridgehead atoms. The van der Waals surface area contributed by atoms with E-state index in [1.807, 2.05) is 24.3 Å². The first-order valence-electron chi connectivity index (χ1n) is 4.99. The molecule has 1 amide bonds. The van der Waals surface area contributed by atoms with Crippen molar-refractivity contribution in [1.82, 2.24) is 5.32 Å². The zero-order chi connectivity index (χ0) is 12.7. The number of rotatable bonds is 5. The number of thioether (sulfide) groups is 1. The number of amidine groups is 1. The molecule has 4 N–H and O–H groups in total. The summed E-state index contributed by atoms with van der Waals surface area (Å²) >= 11 is 1.00. The van der Waals surface area contributed by atoms with Gasteiger partial charge in [0.15, 0.2) is 5.17 Å². The molecule has 0 heterocycles. The lowest BCUT2D eigenvalue weighted by Gasteiger charge is -2.09. The summed E-state index contributed by atoms with van der Waals surface area (Å²) in [6.45, 7) is 0.404. The van der Waals surface area contributed by atoms with Gasteiger partial charge in [0, 0.05) is 12.1 Å². The lowest BCUT2D eigenvalue weighted by Crippen LogP contribution is -2.26. The lowest BCUT2D eigenvalue weighted by molar-refractivity contribution is -0.118. The van der Waals surface area contributed by atoms with Crippen molar-refractivity contribution in [3.63, 3.8) is 0 Å². The Labute approximate surface area is 104 Å². The van der Waals surface area contributed by atoms with Crippen molar-refractivity contribution in [3.05, 3.63) is 29.8 Å². The first kappa shape index (κ1) is 13.4. The van der Waals surface area contributed by atoms with Crippen LogP contribution in [0.3, 0.4) is 0 Å². The number of hydrogen-bond acceptors (Lipinski definition) is 4. The van der Waals surface area contributed by atoms with Crippen LogP contribution in [0.4, 0.5) is 0 Å². The normalized spacial score (nSPS) is 9.71. The maximum Gasteiger partial charge on any atom is 0.230 e. The van der Waals surface area contributed by atoms with Crippen molar-refractivity contribution in [2.75, 3.05) is 12.9 Å². The van der Waals surface area contributed by atoms with E-state index in [4.69, 9.17) is 15.9 Å². The van der Waals surface area contributed by atoms with E-state index < -0.39 is 0 Å². The fraction of sp³-hybridized carbons (Fsp3) is 0.273. The topological polar surface area (TPSA) is 88.2 Å². The monoisotopic (exact) mass is 253 g/mol. The van der Waals surface area contributed by atoms with Gasteiger partial charge in [0.1, 0.15) is 5.75 Å². The number of carbonyl (C=O) groups excluding carboxylic acids is 1. The molecule has 17 heavy (non-hydrogen) atoms. The van der Waals surface area contributed by atoms with Crippen molar-refractivity contribution >= 4 is 22.8 Å². The van der Waals surface area contributed by atoms with E-state index in [2.05, 4.69) is 5.32 Å². The summed E-state index contributed by atoms with van der Waals surface area (Å²) in [6, 6.07) is 7.48. The van der Waals surface area contributed by atoms with Crippen LogP contribution in [0.25, 0.3) is 0 Å². The molecule has 1 aromatic carbocycles. The van der Waals surface area contributed by atoms with Gasteiger partial charge in [-0.25, -0.2) is 0 Å². The minimum absolute atomic E-state index is 0.0579. The maximum atomic E-state index is 11.4. The van der Waals surface area contributed by atoms with E-state index in [1.54, 1.807) is 7.11 Å². The van der Waals surface area contributed by atoms with Gasteiger partial charge >= 0.3 is 0 Å². The van der Waals surface area contributed by atoms with Crippen molar-refractivity contribution in [3.8, 4) is 5.75 Å². The zero-order valence-electron chi connectivity index (χ0n) is 9.53. The Morgan fingerprint density at radius 1 is 1.53 bits per heavy atom. The summed E-state index contributed by atoms with van der Waals surface area (Å²) in [5.41, 5.74) is 6.05. The summed E-state index contributed by atoms with van der Waals surface area (Å²) in [7, 11) is 1.59. The van der Waals surface area contributed by atoms with E-state index in [9.17, 15) is 4.79 Å². The van der Waals surface area contributed by atoms with E-state index in [0.29, 0.717) is 6.54 Å². The lowest BCUT2D eigenvalue weighted by atomic mass is 10.2. The fourth-order valence-corrected chi connectivity index (χ4v) is 1.63. The second kappa shape index (κ2) is 6.80. The molecule has 0 aliphatic rings. The molecule has 0 aliphatic carbocycles. The van der Waals surface area contributed by atoms with Crippen molar-refractivity contribution in [1.29, 1.82) is 5.41 Å². The molecule has 0 spiro atoms. The Balaban J connectivity index is 2.44. The van der Waals surface area contributed by atoms with Gasteiger partial charge in [0.2, 0.25) is 5.91 Å². The predicted molar refractivity (Wildman–Crippen MR) is 69.2 cm³/mol. The third-order valence-corrected chi connectivity index (χ3v) is 2.74. The summed E-state index contributed by atoms with van der Waals surface area (Å²) < 4.78 is 5.17. The molecule has 5 nitrogen and oxygen atoms in total. The molecule has 0 aliphatic heterocycles. The quantitative estimate of drug-likeness (QED) is 0.538. The average molecular weight is 253 g/mol. The summed E-state index contributed by atoms with van der Waals surface area (Å²) in [5.74, 6) is 0.743. The second-order valence-electron chi connectivity index (χ2n) is 3.24. The molecule has 92 valence electrons. The highest BCUT2D eigenvalue weighted by atomic mass is 32.2. The highest BCUT2D eigenvalue weighted by Gasteiger charge is 2.05. The largest absolute Gasteiger partial charge is 0.496 e. The van der Waals surface area contributed by atoms with Crippen molar-refractivity contribution < 1.29 is 9.53 Å². The second-order valence-corrected chi connectivity index (χ2v) is 4.26. The molecule has 1 aromatic rings. The highest BCUT2D eigenvalue weighted by molar-refractivity contribution is 8.14. The summed E-state index contributed by atoms with van der Waals surface area (Å²) in [4.78, 5) is 11.4. The summed E-state index contributed by atoms with van der Waals surface area (Å²) in [5, 5.41) is 9.67. The van der Waals surface area contributed by atoms with Gasteiger partial charge in [-0.05, 0) is 6.07 Å². The van der Waals surface area contributed by atoms with Gasteiger partial charge in [-0.3, -0.25) is 10.2 Å². The first-order chi connectivity index (χ1) is 8.13. The van der Waals surface area contributed by atoms with Gasteiger partial charge in [-0.1, -0.05) is 30.0 Å². The molecule has 0 aromatic heterocycles. The van der Waals surface area contributed by atoms with Crippen LogP contribution in [-0.4, -0.2) is 23.9 Å². The van der Waals surface area contributed by atoms with Crippen LogP contribution < -0.4 is 15.8 Å². The minimum atomic E-state index is -0.156. The predicted octanol–water partition coefficient (Wildman–Crippen LogP) is 0.938. The molecule has 0 saturated heterocycles. The molecular weight excluding hydrogens is 238 g/mol. The molecule has 0 unspecified atom stereocenters. The molecule has 0 radical (unpaired) electrons. The zero-order valence-corrected chi connectivity index (χ0v) is 10.3. The number of amides is 1. The Morgan fingerprint density at radius 3 is 2.88 bits per heavy atom. The molecule has 6 heteroatoms. The molecule has 0 saturated carbocycles. The number of hydrogen-bond donors (Lipinski definition) is 3. The number of benzene rings is 1. The van der Waals surface area contributed by atoms with Crippen LogP contribution in [0, 0.1) is 5.41 Å². The number of nitrogens with one attached hydrogen (secondary N) is 2. The van der Waals surface area contributed by atoms with Crippen LogP contribution in [-0.2, 0) is 11.3 Å². The molecule has 1 rings (SSSR count). The van der Waals surface area contributed by atoms with Crippen molar-refractivity contribution in [2.24, 2.45) is 5.73 Å². The standard InChI is InChI=1S/C11H15N3O2S/c1-16-9-5-3-2-4-8(9)6-14-10(15)7-17-11(12)13/h2-5H,6-7H2,1H3,(H3,12,13)(H,14,15). The Hall–Kier alpha value is -1.69. The van der Waals surface area contributed by atoms with Crippen LogP contribution in [0.5, 0.6) is 5.75 Å². The van der Waals surface area contributed by atoms with E-state index in [0.717, 1.165) is 23.1 Å². The van der Waals surface area contributed by atoms with Gasteiger partial charge in [-0.2, -0.15) is 0 Å². The van der Waals surface area contributed by atoms with Crippen LogP contribution in [0.1, 0.15) is 5.56 Å². The van der Waals surface area contributed by atoms with Gasteiger partial charge in [0.25, 0.3) is 0 Å². The molecule has 0 fully saturated rings. The SMILES string of the molecule is COc1ccccc1CNC(=O)CSC(=N)N. The Morgan fingerprint density at radius 2 is 2.24 bits per heavy atom. The van der Waals surface area contributed by atoms with Crippen molar-refractivity contribution in [2.45, 2.75) is 6.54 Å². The molecular formula is C11H15N3O2S. The minimum Gasteiger partial charge on any atom is -0.496 e. The number of ether oxygens (including phenoxy) is 1. The Kier molecular flexibility index (Phi) is 5.35. The van der Waals surface area contributed by atoms with E-state index in [-0.39, 0.29) is 16.8 Å². The fourth-order valence-electron chi connectivity index (χ4n) is 1.24. The van der Waals surface area contributed by atoms with Gasteiger partial charge in [0.05, 0.1) is 12.9 Å². The number of para-hydroxylation sites is 1. The maximum absolute atomic E-state index is 11.4. The average Bonchev–Trinajstić information content (AvgIpc) is 2.34.